The number of ether oxygens (including phenoxy) is 1. The summed E-state index contributed by atoms with van der Waals surface area (Å²) in [5.74, 6) is -0.643. The third kappa shape index (κ3) is 5.54. The zero-order valence-electron chi connectivity index (χ0n) is 17.1. The fraction of sp³-hybridized carbons (Fsp3) is 0.364. The summed E-state index contributed by atoms with van der Waals surface area (Å²) in [5, 5.41) is 2.68. The third-order valence-corrected chi connectivity index (χ3v) is 4.53. The maximum atomic E-state index is 14.6. The molecule has 2 aromatic carbocycles. The second-order valence-electron chi connectivity index (χ2n) is 6.37. The van der Waals surface area contributed by atoms with E-state index < -0.39 is 11.9 Å². The number of anilines is 1. The molecule has 1 saturated heterocycles. The van der Waals surface area contributed by atoms with Gasteiger partial charge >= 0.3 is 6.09 Å². The number of nitrogens with zero attached hydrogens (tertiary/aromatic N) is 1. The van der Waals surface area contributed by atoms with Gasteiger partial charge in [0.05, 0.1) is 18.8 Å². The second-order valence-corrected chi connectivity index (χ2v) is 6.37. The van der Waals surface area contributed by atoms with Gasteiger partial charge in [-0.25, -0.2) is 9.18 Å². The zero-order valence-corrected chi connectivity index (χ0v) is 17.1. The summed E-state index contributed by atoms with van der Waals surface area (Å²) in [6.07, 6.45) is 0.117. The largest absolute Gasteiger partial charge is 0.444 e. The molecule has 0 aromatic heterocycles. The first-order valence-corrected chi connectivity index (χ1v) is 9.85. The molecule has 0 radical (unpaired) electrons. The second kappa shape index (κ2) is 10.6. The molecule has 1 atom stereocenters. The number of cyclic esters (lactones) is 1. The molecule has 1 heterocycles. The molecule has 1 fully saturated rings. The monoisotopic (exact) mass is 401 g/mol. The van der Waals surface area contributed by atoms with E-state index >= 15 is 0 Å². The quantitative estimate of drug-likeness (QED) is 0.770. The lowest BCUT2D eigenvalue weighted by molar-refractivity contribution is -0.119. The molecule has 156 valence electrons. The van der Waals surface area contributed by atoms with Gasteiger partial charge in [0.2, 0.25) is 5.91 Å². The maximum Gasteiger partial charge on any atom is 0.414 e. The molecule has 6 nitrogen and oxygen atoms in total. The van der Waals surface area contributed by atoms with Gasteiger partial charge in [0, 0.05) is 12.1 Å². The first-order chi connectivity index (χ1) is 14.0. The van der Waals surface area contributed by atoms with Crippen molar-refractivity contribution in [1.82, 2.24) is 5.32 Å². The fourth-order valence-electron chi connectivity index (χ4n) is 2.93. The van der Waals surface area contributed by atoms with E-state index in [4.69, 9.17) is 10.5 Å². The van der Waals surface area contributed by atoms with Gasteiger partial charge in [-0.1, -0.05) is 45.0 Å². The predicted molar refractivity (Wildman–Crippen MR) is 112 cm³/mol. The summed E-state index contributed by atoms with van der Waals surface area (Å²) in [7, 11) is 0. The SMILES string of the molecule is CC.CC[C@H]1CN(c2ccc(-c3ccc(CNC(=O)CN)cc3)c(F)c2)C(=O)O1. The number of rotatable bonds is 6. The van der Waals surface area contributed by atoms with Crippen LogP contribution in [0.1, 0.15) is 32.8 Å². The number of carbonyl (C=O) groups is 2. The van der Waals surface area contributed by atoms with E-state index in [2.05, 4.69) is 5.32 Å². The highest BCUT2D eigenvalue weighted by Crippen LogP contribution is 2.29. The number of nitrogens with two attached hydrogens (primary N) is 1. The minimum Gasteiger partial charge on any atom is -0.444 e. The van der Waals surface area contributed by atoms with Gasteiger partial charge in [-0.05, 0) is 35.7 Å². The number of amides is 2. The van der Waals surface area contributed by atoms with E-state index in [0.717, 1.165) is 12.0 Å². The first-order valence-electron chi connectivity index (χ1n) is 9.85. The predicted octanol–water partition coefficient (Wildman–Crippen LogP) is 3.83. The van der Waals surface area contributed by atoms with Gasteiger partial charge < -0.3 is 15.8 Å². The minimum absolute atomic E-state index is 0.0563. The lowest BCUT2D eigenvalue weighted by Crippen LogP contribution is -2.29. The van der Waals surface area contributed by atoms with Crippen molar-refractivity contribution in [1.29, 1.82) is 0 Å². The van der Waals surface area contributed by atoms with Gasteiger partial charge in [-0.15, -0.1) is 0 Å². The molecule has 1 aliphatic heterocycles. The van der Waals surface area contributed by atoms with Crippen molar-refractivity contribution in [3.05, 3.63) is 53.8 Å². The van der Waals surface area contributed by atoms with Crippen LogP contribution in [0, 0.1) is 5.82 Å². The number of hydrogen-bond acceptors (Lipinski definition) is 4. The lowest BCUT2D eigenvalue weighted by atomic mass is 10.0. The molecular formula is C22H28FN3O3. The van der Waals surface area contributed by atoms with Crippen LogP contribution in [0.4, 0.5) is 14.9 Å². The Bertz CT molecular complexity index is 840. The molecule has 0 saturated carbocycles. The van der Waals surface area contributed by atoms with Crippen LogP contribution >= 0.6 is 0 Å². The molecule has 7 heteroatoms. The molecule has 0 unspecified atom stereocenters. The van der Waals surface area contributed by atoms with Crippen LogP contribution in [0.3, 0.4) is 0 Å². The molecule has 0 bridgehead atoms. The standard InChI is InChI=1S/C20H22FN3O3.C2H6/c1-2-16-12-24(20(26)27-16)15-7-8-17(18(21)9-15)14-5-3-13(4-6-14)11-23-19(25)10-22;1-2/h3-9,16H,2,10-12,22H2,1H3,(H,23,25);1-2H3/t16-;/m0./s1. The van der Waals surface area contributed by atoms with Crippen molar-refractivity contribution >= 4 is 17.7 Å². The van der Waals surface area contributed by atoms with E-state index in [9.17, 15) is 14.0 Å². The van der Waals surface area contributed by atoms with Crippen molar-refractivity contribution in [2.75, 3.05) is 18.0 Å². The van der Waals surface area contributed by atoms with Crippen LogP contribution in [0.2, 0.25) is 0 Å². The summed E-state index contributed by atoms with van der Waals surface area (Å²) in [6, 6.07) is 11.9. The Balaban J connectivity index is 0.00000145. The number of benzene rings is 2. The van der Waals surface area contributed by atoms with Gasteiger partial charge in [0.15, 0.2) is 0 Å². The van der Waals surface area contributed by atoms with Crippen LogP contribution in [-0.2, 0) is 16.1 Å². The number of nitrogens with one attached hydrogen (secondary N) is 1. The highest BCUT2D eigenvalue weighted by atomic mass is 19.1. The summed E-state index contributed by atoms with van der Waals surface area (Å²) < 4.78 is 19.9. The number of halogens is 1. The summed E-state index contributed by atoms with van der Waals surface area (Å²) >= 11 is 0. The van der Waals surface area contributed by atoms with Gasteiger partial charge in [-0.2, -0.15) is 0 Å². The van der Waals surface area contributed by atoms with E-state index in [0.29, 0.717) is 29.9 Å². The summed E-state index contributed by atoms with van der Waals surface area (Å²) in [4.78, 5) is 24.6. The lowest BCUT2D eigenvalue weighted by Gasteiger charge is -2.14. The minimum atomic E-state index is -0.446. The van der Waals surface area contributed by atoms with Crippen LogP contribution in [-0.4, -0.2) is 31.2 Å². The van der Waals surface area contributed by atoms with Crippen LogP contribution < -0.4 is 16.0 Å². The van der Waals surface area contributed by atoms with Crippen molar-refractivity contribution in [3.8, 4) is 11.1 Å². The van der Waals surface area contributed by atoms with Crippen molar-refractivity contribution in [2.24, 2.45) is 5.73 Å². The Morgan fingerprint density at radius 3 is 2.48 bits per heavy atom. The third-order valence-electron chi connectivity index (χ3n) is 4.53. The summed E-state index contributed by atoms with van der Waals surface area (Å²) in [6.45, 7) is 6.68. The van der Waals surface area contributed by atoms with E-state index in [1.54, 1.807) is 24.3 Å². The Morgan fingerprint density at radius 2 is 1.93 bits per heavy atom. The van der Waals surface area contributed by atoms with Crippen LogP contribution in [0.15, 0.2) is 42.5 Å². The van der Waals surface area contributed by atoms with Gasteiger partial charge in [0.1, 0.15) is 11.9 Å². The van der Waals surface area contributed by atoms with Crippen molar-refractivity contribution in [3.63, 3.8) is 0 Å². The Kier molecular flexibility index (Phi) is 8.15. The highest BCUT2D eigenvalue weighted by Gasteiger charge is 2.31. The smallest absolute Gasteiger partial charge is 0.414 e. The van der Waals surface area contributed by atoms with E-state index in [1.165, 1.54) is 11.0 Å². The van der Waals surface area contributed by atoms with Gasteiger partial charge in [0.25, 0.3) is 0 Å². The molecule has 1 aliphatic rings. The number of carbonyl (C=O) groups excluding carboxylic acids is 2. The van der Waals surface area contributed by atoms with Gasteiger partial charge in [-0.3, -0.25) is 9.69 Å². The molecule has 29 heavy (non-hydrogen) atoms. The van der Waals surface area contributed by atoms with E-state index in [1.807, 2.05) is 32.9 Å². The molecular weight excluding hydrogens is 373 g/mol. The fourth-order valence-corrected chi connectivity index (χ4v) is 2.93. The van der Waals surface area contributed by atoms with Crippen molar-refractivity contribution < 1.29 is 18.7 Å². The molecule has 0 aliphatic carbocycles. The molecule has 3 rings (SSSR count). The Morgan fingerprint density at radius 1 is 1.24 bits per heavy atom. The summed E-state index contributed by atoms with van der Waals surface area (Å²) in [5.41, 5.74) is 7.78. The molecule has 3 N–H and O–H groups in total. The average Bonchev–Trinajstić information content (AvgIpc) is 3.14. The zero-order chi connectivity index (χ0) is 21.4. The van der Waals surface area contributed by atoms with Crippen LogP contribution in [0.5, 0.6) is 0 Å². The van der Waals surface area contributed by atoms with Crippen molar-refractivity contribution in [2.45, 2.75) is 39.8 Å². The average molecular weight is 401 g/mol. The molecule has 2 amide bonds. The normalized spacial score (nSPS) is 15.4. The first kappa shape index (κ1) is 22.4. The molecule has 2 aromatic rings. The Labute approximate surface area is 170 Å². The Hall–Kier alpha value is -2.93. The molecule has 0 spiro atoms. The maximum absolute atomic E-state index is 14.6. The topological polar surface area (TPSA) is 84.7 Å². The van der Waals surface area contributed by atoms with Crippen LogP contribution in [0.25, 0.3) is 11.1 Å². The van der Waals surface area contributed by atoms with E-state index in [-0.39, 0.29) is 18.6 Å². The highest BCUT2D eigenvalue weighted by molar-refractivity contribution is 5.90. The number of hydrogen-bond donors (Lipinski definition) is 2.